The van der Waals surface area contributed by atoms with Crippen LogP contribution in [-0.4, -0.2) is 73.4 Å². The summed E-state index contributed by atoms with van der Waals surface area (Å²) in [6.45, 7) is 17.1. The molecule has 1 fully saturated rings. The maximum Gasteiger partial charge on any atom is 0.225 e. The van der Waals surface area contributed by atoms with Crippen molar-refractivity contribution in [1.29, 1.82) is 0 Å². The fraction of sp³-hybridized carbons (Fsp3) is 0.852. The lowest BCUT2D eigenvalue weighted by Gasteiger charge is -2.34. The van der Waals surface area contributed by atoms with Gasteiger partial charge < -0.3 is 15.0 Å². The third kappa shape index (κ3) is 11.2. The molecule has 0 aromatic carbocycles. The first-order valence-corrected chi connectivity index (χ1v) is 13.8. The number of rotatable bonds is 18. The molecule has 2 unspecified atom stereocenters. The van der Waals surface area contributed by atoms with E-state index in [1.54, 1.807) is 0 Å². The summed E-state index contributed by atoms with van der Waals surface area (Å²) in [6, 6.07) is 0.698. The van der Waals surface area contributed by atoms with Gasteiger partial charge >= 0.3 is 0 Å². The van der Waals surface area contributed by atoms with Crippen LogP contribution < -0.4 is 10.2 Å². The van der Waals surface area contributed by atoms with Crippen molar-refractivity contribution in [2.45, 2.75) is 97.4 Å². The van der Waals surface area contributed by atoms with Crippen molar-refractivity contribution in [1.82, 2.24) is 20.2 Å². The summed E-state index contributed by atoms with van der Waals surface area (Å²) >= 11 is 0. The number of anilines is 1. The summed E-state index contributed by atoms with van der Waals surface area (Å²) in [5.41, 5.74) is 1.24. The van der Waals surface area contributed by atoms with Gasteiger partial charge in [-0.2, -0.15) is 0 Å². The highest BCUT2D eigenvalue weighted by atomic mass is 16.5. The Balaban J connectivity index is 1.49. The zero-order valence-electron chi connectivity index (χ0n) is 22.0. The molecule has 0 spiro atoms. The fourth-order valence-electron chi connectivity index (χ4n) is 4.47. The lowest BCUT2D eigenvalue weighted by atomic mass is 10.0. The fourth-order valence-corrected chi connectivity index (χ4v) is 4.47. The number of hydrogen-bond acceptors (Lipinski definition) is 6. The van der Waals surface area contributed by atoms with E-state index in [4.69, 9.17) is 4.74 Å². The molecule has 0 amide bonds. The van der Waals surface area contributed by atoms with E-state index in [0.29, 0.717) is 12.0 Å². The molecule has 33 heavy (non-hydrogen) atoms. The standard InChI is InChI=1S/C27H51N5O/c1-5-8-9-13-26(12-6-2)28-14-10-20-33-21-11-15-31-16-18-32(19-17-31)27-29-22-25(23-30-27)24(4)7-3/h22-24,26,28H,5-21H2,1-4H3. The number of aromatic nitrogens is 2. The second kappa shape index (κ2) is 17.2. The first kappa shape index (κ1) is 28.0. The number of nitrogens with one attached hydrogen (secondary N) is 1. The quantitative estimate of drug-likeness (QED) is 0.301. The minimum atomic E-state index is 0.530. The Bertz CT molecular complexity index is 589. The first-order chi connectivity index (χ1) is 16.2. The molecule has 2 rings (SSSR count). The van der Waals surface area contributed by atoms with Crippen LogP contribution >= 0.6 is 0 Å². The summed E-state index contributed by atoms with van der Waals surface area (Å²) in [5.74, 6) is 1.41. The van der Waals surface area contributed by atoms with E-state index < -0.39 is 0 Å². The van der Waals surface area contributed by atoms with Crippen molar-refractivity contribution in [2.24, 2.45) is 0 Å². The molecule has 1 aromatic rings. The van der Waals surface area contributed by atoms with Gasteiger partial charge in [-0.25, -0.2) is 9.97 Å². The van der Waals surface area contributed by atoms with Crippen LogP contribution in [0, 0.1) is 0 Å². The van der Waals surface area contributed by atoms with Crippen LogP contribution in [0.25, 0.3) is 0 Å². The molecule has 1 aromatic heterocycles. The van der Waals surface area contributed by atoms with Crippen LogP contribution in [0.4, 0.5) is 5.95 Å². The molecule has 190 valence electrons. The predicted octanol–water partition coefficient (Wildman–Crippen LogP) is 5.25. The Morgan fingerprint density at radius 2 is 1.64 bits per heavy atom. The van der Waals surface area contributed by atoms with Gasteiger partial charge in [0.2, 0.25) is 5.95 Å². The molecule has 0 radical (unpaired) electrons. The second-order valence-corrected chi connectivity index (χ2v) is 9.71. The molecule has 1 aliphatic rings. The maximum atomic E-state index is 5.90. The van der Waals surface area contributed by atoms with Gasteiger partial charge in [-0.1, -0.05) is 53.4 Å². The Labute approximate surface area is 203 Å². The van der Waals surface area contributed by atoms with Gasteiger partial charge in [-0.15, -0.1) is 0 Å². The van der Waals surface area contributed by atoms with E-state index in [-0.39, 0.29) is 0 Å². The van der Waals surface area contributed by atoms with E-state index in [2.05, 4.69) is 52.8 Å². The number of nitrogens with zero attached hydrogens (tertiary/aromatic N) is 4. The van der Waals surface area contributed by atoms with Gasteiger partial charge in [-0.05, 0) is 50.1 Å². The highest BCUT2D eigenvalue weighted by molar-refractivity contribution is 5.31. The number of unbranched alkanes of at least 4 members (excludes halogenated alkanes) is 2. The van der Waals surface area contributed by atoms with Crippen molar-refractivity contribution in [3.05, 3.63) is 18.0 Å². The highest BCUT2D eigenvalue weighted by Crippen LogP contribution is 2.18. The van der Waals surface area contributed by atoms with Crippen molar-refractivity contribution in [2.75, 3.05) is 57.4 Å². The van der Waals surface area contributed by atoms with E-state index in [9.17, 15) is 0 Å². The molecule has 2 heterocycles. The van der Waals surface area contributed by atoms with Crippen molar-refractivity contribution >= 4 is 5.95 Å². The summed E-state index contributed by atoms with van der Waals surface area (Å²) < 4.78 is 5.90. The predicted molar refractivity (Wildman–Crippen MR) is 140 cm³/mol. The number of ether oxygens (including phenoxy) is 1. The lowest BCUT2D eigenvalue weighted by molar-refractivity contribution is 0.116. The summed E-state index contributed by atoms with van der Waals surface area (Å²) in [6.07, 6.45) is 15.3. The molecule has 6 heteroatoms. The molecule has 2 atom stereocenters. The van der Waals surface area contributed by atoms with Crippen LogP contribution in [-0.2, 0) is 4.74 Å². The lowest BCUT2D eigenvalue weighted by Crippen LogP contribution is -2.47. The molecule has 0 saturated carbocycles. The zero-order chi connectivity index (χ0) is 23.7. The summed E-state index contributed by atoms with van der Waals surface area (Å²) in [4.78, 5) is 14.1. The van der Waals surface area contributed by atoms with Gasteiger partial charge in [0.1, 0.15) is 0 Å². The molecule has 0 bridgehead atoms. The molecule has 1 saturated heterocycles. The monoisotopic (exact) mass is 461 g/mol. The van der Waals surface area contributed by atoms with Crippen molar-refractivity contribution in [3.8, 4) is 0 Å². The Morgan fingerprint density at radius 3 is 2.30 bits per heavy atom. The Hall–Kier alpha value is -1.24. The third-order valence-electron chi connectivity index (χ3n) is 6.95. The Morgan fingerprint density at radius 1 is 0.909 bits per heavy atom. The largest absolute Gasteiger partial charge is 0.381 e. The zero-order valence-corrected chi connectivity index (χ0v) is 22.0. The van der Waals surface area contributed by atoms with Gasteiger partial charge in [0.05, 0.1) is 0 Å². The number of piperazine rings is 1. The van der Waals surface area contributed by atoms with E-state index >= 15 is 0 Å². The van der Waals surface area contributed by atoms with E-state index in [1.165, 1.54) is 44.1 Å². The van der Waals surface area contributed by atoms with Gasteiger partial charge in [0.15, 0.2) is 0 Å². The normalized spacial score (nSPS) is 16.8. The Kier molecular flexibility index (Phi) is 14.6. The van der Waals surface area contributed by atoms with Crippen LogP contribution in [0.1, 0.15) is 97.0 Å². The molecular formula is C27H51N5O. The van der Waals surface area contributed by atoms with Gasteiger partial charge in [0.25, 0.3) is 0 Å². The minimum Gasteiger partial charge on any atom is -0.381 e. The molecule has 0 aliphatic carbocycles. The average molecular weight is 462 g/mol. The van der Waals surface area contributed by atoms with E-state index in [0.717, 1.165) is 77.7 Å². The minimum absolute atomic E-state index is 0.530. The highest BCUT2D eigenvalue weighted by Gasteiger charge is 2.18. The maximum absolute atomic E-state index is 5.90. The summed E-state index contributed by atoms with van der Waals surface area (Å²) in [7, 11) is 0. The van der Waals surface area contributed by atoms with Crippen LogP contribution in [0.3, 0.4) is 0 Å². The van der Waals surface area contributed by atoms with Crippen molar-refractivity contribution < 1.29 is 4.74 Å². The van der Waals surface area contributed by atoms with Crippen LogP contribution in [0.5, 0.6) is 0 Å². The van der Waals surface area contributed by atoms with Gasteiger partial charge in [0, 0.05) is 64.4 Å². The van der Waals surface area contributed by atoms with Crippen LogP contribution in [0.2, 0.25) is 0 Å². The SMILES string of the molecule is CCCCCC(CCC)NCCCOCCCN1CCN(c2ncc(C(C)CC)cn2)CC1. The van der Waals surface area contributed by atoms with Crippen LogP contribution in [0.15, 0.2) is 12.4 Å². The smallest absolute Gasteiger partial charge is 0.225 e. The third-order valence-corrected chi connectivity index (χ3v) is 6.95. The molecule has 1 N–H and O–H groups in total. The van der Waals surface area contributed by atoms with E-state index in [1.807, 2.05) is 12.4 Å². The summed E-state index contributed by atoms with van der Waals surface area (Å²) in [5, 5.41) is 3.75. The molecular weight excluding hydrogens is 410 g/mol. The number of hydrogen-bond donors (Lipinski definition) is 1. The second-order valence-electron chi connectivity index (χ2n) is 9.71. The van der Waals surface area contributed by atoms with Gasteiger partial charge in [-0.3, -0.25) is 4.90 Å². The average Bonchev–Trinajstić information content (AvgIpc) is 2.85. The first-order valence-electron chi connectivity index (χ1n) is 13.8. The molecule has 1 aliphatic heterocycles. The molecule has 6 nitrogen and oxygen atoms in total. The van der Waals surface area contributed by atoms with Crippen molar-refractivity contribution in [3.63, 3.8) is 0 Å². The topological polar surface area (TPSA) is 53.5 Å².